The summed E-state index contributed by atoms with van der Waals surface area (Å²) in [6, 6.07) is 17.8. The van der Waals surface area contributed by atoms with E-state index in [4.69, 9.17) is 4.74 Å². The molecule has 2 heteroatoms. The number of rotatable bonds is 3. The van der Waals surface area contributed by atoms with Gasteiger partial charge in [-0.25, -0.2) is 0 Å². The molecular formula is C18H21NO. The zero-order valence-electron chi connectivity index (χ0n) is 12.1. The number of ether oxygens (including phenoxy) is 1. The quantitative estimate of drug-likeness (QED) is 0.911. The number of hydrogen-bond acceptors (Lipinski definition) is 2. The molecule has 2 atom stereocenters. The topological polar surface area (TPSA) is 21.3 Å². The maximum atomic E-state index is 5.25. The Labute approximate surface area is 120 Å². The number of nitrogens with one attached hydrogen (secondary N) is 1. The van der Waals surface area contributed by atoms with Crippen molar-refractivity contribution >= 4 is 0 Å². The van der Waals surface area contributed by atoms with E-state index >= 15 is 0 Å². The molecule has 0 spiro atoms. The fraction of sp³-hybridized carbons (Fsp3) is 0.333. The van der Waals surface area contributed by atoms with Gasteiger partial charge in [-0.05, 0) is 48.7 Å². The third-order valence-corrected chi connectivity index (χ3v) is 4.36. The monoisotopic (exact) mass is 267 g/mol. The Morgan fingerprint density at radius 2 is 1.65 bits per heavy atom. The van der Waals surface area contributed by atoms with Crippen LogP contribution in [0.25, 0.3) is 0 Å². The lowest BCUT2D eigenvalue weighted by Crippen LogP contribution is -2.24. The van der Waals surface area contributed by atoms with Gasteiger partial charge >= 0.3 is 0 Å². The molecule has 0 saturated carbocycles. The van der Waals surface area contributed by atoms with Gasteiger partial charge < -0.3 is 10.1 Å². The molecule has 3 rings (SSSR count). The van der Waals surface area contributed by atoms with Gasteiger partial charge in [-0.3, -0.25) is 0 Å². The van der Waals surface area contributed by atoms with Crippen LogP contribution in [0.5, 0.6) is 5.75 Å². The lowest BCUT2D eigenvalue weighted by atomic mass is 9.77. The Morgan fingerprint density at radius 1 is 0.950 bits per heavy atom. The lowest BCUT2D eigenvalue weighted by Gasteiger charge is -2.31. The lowest BCUT2D eigenvalue weighted by molar-refractivity contribution is 0.414. The van der Waals surface area contributed by atoms with E-state index in [1.807, 2.05) is 0 Å². The third-order valence-electron chi connectivity index (χ3n) is 4.36. The van der Waals surface area contributed by atoms with Crippen molar-refractivity contribution in [3.63, 3.8) is 0 Å². The highest BCUT2D eigenvalue weighted by molar-refractivity contribution is 5.42. The van der Waals surface area contributed by atoms with Crippen LogP contribution in [-0.2, 0) is 0 Å². The van der Waals surface area contributed by atoms with Crippen molar-refractivity contribution in [2.45, 2.75) is 24.8 Å². The fourth-order valence-electron chi connectivity index (χ4n) is 3.27. The highest BCUT2D eigenvalue weighted by Crippen LogP contribution is 2.41. The molecule has 0 bridgehead atoms. The van der Waals surface area contributed by atoms with Gasteiger partial charge in [-0.15, -0.1) is 0 Å². The summed E-state index contributed by atoms with van der Waals surface area (Å²) in [6.45, 7) is 0. The highest BCUT2D eigenvalue weighted by Gasteiger charge is 2.26. The summed E-state index contributed by atoms with van der Waals surface area (Å²) in [5.41, 5.74) is 4.29. The molecule has 20 heavy (non-hydrogen) atoms. The summed E-state index contributed by atoms with van der Waals surface area (Å²) in [5.74, 6) is 1.42. The third kappa shape index (κ3) is 2.32. The minimum absolute atomic E-state index is 0.487. The number of fused-ring (bicyclic) bond motifs is 1. The Balaban J connectivity index is 1.98. The molecule has 0 radical (unpaired) electrons. The smallest absolute Gasteiger partial charge is 0.118 e. The first-order valence-electron chi connectivity index (χ1n) is 7.23. The molecule has 1 N–H and O–H groups in total. The van der Waals surface area contributed by atoms with Gasteiger partial charge in [-0.1, -0.05) is 36.4 Å². The molecule has 0 aliphatic heterocycles. The van der Waals surface area contributed by atoms with Crippen LogP contribution < -0.4 is 10.1 Å². The maximum Gasteiger partial charge on any atom is 0.118 e. The summed E-state index contributed by atoms with van der Waals surface area (Å²) >= 11 is 0. The predicted molar refractivity (Wildman–Crippen MR) is 82.3 cm³/mol. The molecule has 0 saturated heterocycles. The van der Waals surface area contributed by atoms with Crippen LogP contribution in [0.4, 0.5) is 0 Å². The zero-order valence-corrected chi connectivity index (χ0v) is 12.1. The van der Waals surface area contributed by atoms with Crippen molar-refractivity contribution < 1.29 is 4.74 Å². The predicted octanol–water partition coefficient (Wildman–Crippen LogP) is 3.88. The van der Waals surface area contributed by atoms with Gasteiger partial charge in [-0.2, -0.15) is 0 Å². The second-order valence-corrected chi connectivity index (χ2v) is 5.37. The van der Waals surface area contributed by atoms with Crippen LogP contribution in [0.15, 0.2) is 48.5 Å². The summed E-state index contributed by atoms with van der Waals surface area (Å²) in [7, 11) is 3.76. The van der Waals surface area contributed by atoms with Crippen molar-refractivity contribution in [1.29, 1.82) is 0 Å². The second kappa shape index (κ2) is 5.68. The van der Waals surface area contributed by atoms with Gasteiger partial charge in [0, 0.05) is 12.0 Å². The Hall–Kier alpha value is -1.80. The van der Waals surface area contributed by atoms with Gasteiger partial charge in [0.25, 0.3) is 0 Å². The summed E-state index contributed by atoms with van der Waals surface area (Å²) < 4.78 is 5.25. The molecule has 0 fully saturated rings. The van der Waals surface area contributed by atoms with E-state index in [0.717, 1.165) is 5.75 Å². The first kappa shape index (κ1) is 13.2. The Morgan fingerprint density at radius 3 is 2.30 bits per heavy atom. The summed E-state index contributed by atoms with van der Waals surface area (Å²) in [4.78, 5) is 0. The van der Waals surface area contributed by atoms with Crippen LogP contribution in [0.3, 0.4) is 0 Å². The SMILES string of the molecule is CN[C@@H]1CC[C@H](c2ccc(OC)cc2)c2ccccc21. The van der Waals surface area contributed by atoms with Crippen molar-refractivity contribution in [1.82, 2.24) is 5.32 Å². The number of methoxy groups -OCH3 is 1. The van der Waals surface area contributed by atoms with E-state index in [-0.39, 0.29) is 0 Å². The van der Waals surface area contributed by atoms with Gasteiger partial charge in [0.05, 0.1) is 7.11 Å². The largest absolute Gasteiger partial charge is 0.497 e. The van der Waals surface area contributed by atoms with Crippen molar-refractivity contribution in [2.75, 3.05) is 14.2 Å². The van der Waals surface area contributed by atoms with E-state index in [9.17, 15) is 0 Å². The standard InChI is InChI=1S/C18H21NO/c1-19-18-12-11-15(16-5-3-4-6-17(16)18)13-7-9-14(20-2)10-8-13/h3-10,15,18-19H,11-12H2,1-2H3/t15-,18-/m1/s1. The van der Waals surface area contributed by atoms with E-state index in [1.165, 1.54) is 29.5 Å². The molecule has 2 aromatic rings. The highest BCUT2D eigenvalue weighted by atomic mass is 16.5. The first-order chi connectivity index (χ1) is 9.83. The van der Waals surface area contributed by atoms with Gasteiger partial charge in [0.15, 0.2) is 0 Å². The van der Waals surface area contributed by atoms with Crippen molar-refractivity contribution in [3.8, 4) is 5.75 Å². The van der Waals surface area contributed by atoms with Crippen LogP contribution in [0.1, 0.15) is 41.5 Å². The van der Waals surface area contributed by atoms with Crippen molar-refractivity contribution in [3.05, 3.63) is 65.2 Å². The Kier molecular flexibility index (Phi) is 3.75. The molecule has 0 amide bonds. The van der Waals surface area contributed by atoms with Crippen LogP contribution >= 0.6 is 0 Å². The molecule has 1 aliphatic rings. The molecule has 1 aliphatic carbocycles. The molecule has 104 valence electrons. The van der Waals surface area contributed by atoms with E-state index in [2.05, 4.69) is 60.9 Å². The average molecular weight is 267 g/mol. The normalized spacial score (nSPS) is 21.3. The van der Waals surface area contributed by atoms with Crippen LogP contribution in [0.2, 0.25) is 0 Å². The minimum atomic E-state index is 0.487. The zero-order chi connectivity index (χ0) is 13.9. The van der Waals surface area contributed by atoms with Crippen LogP contribution in [0, 0.1) is 0 Å². The first-order valence-corrected chi connectivity index (χ1v) is 7.23. The molecule has 2 aromatic carbocycles. The van der Waals surface area contributed by atoms with Crippen molar-refractivity contribution in [2.24, 2.45) is 0 Å². The van der Waals surface area contributed by atoms with Gasteiger partial charge in [0.1, 0.15) is 5.75 Å². The molecule has 0 aromatic heterocycles. The summed E-state index contributed by atoms with van der Waals surface area (Å²) in [6.07, 6.45) is 2.37. The summed E-state index contributed by atoms with van der Waals surface area (Å²) in [5, 5.41) is 3.43. The van der Waals surface area contributed by atoms with E-state index < -0.39 is 0 Å². The van der Waals surface area contributed by atoms with Gasteiger partial charge in [0.2, 0.25) is 0 Å². The Bertz CT molecular complexity index is 576. The fourth-order valence-corrected chi connectivity index (χ4v) is 3.27. The molecule has 2 nitrogen and oxygen atoms in total. The minimum Gasteiger partial charge on any atom is -0.497 e. The molecular weight excluding hydrogens is 246 g/mol. The second-order valence-electron chi connectivity index (χ2n) is 5.37. The average Bonchev–Trinajstić information content (AvgIpc) is 2.54. The van der Waals surface area contributed by atoms with E-state index in [0.29, 0.717) is 12.0 Å². The number of hydrogen-bond donors (Lipinski definition) is 1. The maximum absolute atomic E-state index is 5.25. The van der Waals surface area contributed by atoms with Crippen LogP contribution in [-0.4, -0.2) is 14.2 Å². The van der Waals surface area contributed by atoms with E-state index in [1.54, 1.807) is 7.11 Å². The molecule has 0 unspecified atom stereocenters. The molecule has 0 heterocycles. The number of benzene rings is 2.